The molecule has 0 atom stereocenters. The fraction of sp³-hybridized carbons (Fsp3) is 0.312. The van der Waals surface area contributed by atoms with Gasteiger partial charge in [-0.25, -0.2) is 4.68 Å². The molecule has 0 radical (unpaired) electrons. The highest BCUT2D eigenvalue weighted by Gasteiger charge is 2.03. The van der Waals surface area contributed by atoms with E-state index in [0.29, 0.717) is 5.92 Å². The number of benzene rings is 1. The highest BCUT2D eigenvalue weighted by molar-refractivity contribution is 5.76. The van der Waals surface area contributed by atoms with Gasteiger partial charge in [-0.1, -0.05) is 13.8 Å². The Bertz CT molecular complexity index is 732. The number of nitrogens with one attached hydrogen (secondary N) is 1. The Morgan fingerprint density at radius 3 is 2.71 bits per heavy atom. The molecule has 0 aliphatic rings. The van der Waals surface area contributed by atoms with E-state index in [1.54, 1.807) is 12.4 Å². The van der Waals surface area contributed by atoms with Crippen molar-refractivity contribution < 1.29 is 0 Å². The Morgan fingerprint density at radius 1 is 1.10 bits per heavy atom. The molecule has 0 saturated carbocycles. The first-order valence-electron chi connectivity index (χ1n) is 7.19. The molecule has 3 rings (SSSR count). The maximum absolute atomic E-state index is 4.59. The fourth-order valence-electron chi connectivity index (χ4n) is 2.18. The highest BCUT2D eigenvalue weighted by atomic mass is 15.3. The number of nitrogens with zero attached hydrogens (tertiary/aromatic N) is 4. The molecular formula is C16H19N5. The van der Waals surface area contributed by atoms with Gasteiger partial charge in [0.2, 0.25) is 0 Å². The minimum atomic E-state index is 0.645. The summed E-state index contributed by atoms with van der Waals surface area (Å²) in [6, 6.07) is 8.01. The summed E-state index contributed by atoms with van der Waals surface area (Å²) in [6.07, 6.45) is 5.38. The molecule has 0 saturated heterocycles. The van der Waals surface area contributed by atoms with E-state index in [0.717, 1.165) is 35.5 Å². The second-order valence-electron chi connectivity index (χ2n) is 5.51. The van der Waals surface area contributed by atoms with Crippen LogP contribution in [-0.4, -0.2) is 26.3 Å². The van der Waals surface area contributed by atoms with E-state index < -0.39 is 0 Å². The molecule has 0 aliphatic heterocycles. The number of hydrogen-bond donors (Lipinski definition) is 1. The maximum atomic E-state index is 4.59. The van der Waals surface area contributed by atoms with Crippen molar-refractivity contribution >= 4 is 11.0 Å². The molecule has 0 amide bonds. The zero-order chi connectivity index (χ0) is 14.7. The third-order valence-electron chi connectivity index (χ3n) is 3.22. The highest BCUT2D eigenvalue weighted by Crippen LogP contribution is 2.14. The van der Waals surface area contributed by atoms with Gasteiger partial charge in [0, 0.05) is 25.1 Å². The van der Waals surface area contributed by atoms with Gasteiger partial charge in [-0.05, 0) is 36.7 Å². The van der Waals surface area contributed by atoms with Crippen LogP contribution < -0.4 is 5.32 Å². The van der Waals surface area contributed by atoms with Crippen molar-refractivity contribution in [2.24, 2.45) is 5.92 Å². The summed E-state index contributed by atoms with van der Waals surface area (Å²) in [6.45, 7) is 6.18. The van der Waals surface area contributed by atoms with Gasteiger partial charge < -0.3 is 5.32 Å². The van der Waals surface area contributed by atoms with Crippen molar-refractivity contribution in [3.8, 4) is 5.69 Å². The van der Waals surface area contributed by atoms with Crippen LogP contribution in [0.25, 0.3) is 16.7 Å². The third kappa shape index (κ3) is 3.25. The molecule has 0 spiro atoms. The molecule has 0 fully saturated rings. The first-order valence-corrected chi connectivity index (χ1v) is 7.19. The van der Waals surface area contributed by atoms with E-state index in [1.165, 1.54) is 0 Å². The lowest BCUT2D eigenvalue weighted by Gasteiger charge is -2.05. The van der Waals surface area contributed by atoms with Crippen LogP contribution in [0.5, 0.6) is 0 Å². The molecular weight excluding hydrogens is 262 g/mol. The van der Waals surface area contributed by atoms with Crippen molar-refractivity contribution in [1.82, 2.24) is 25.1 Å². The van der Waals surface area contributed by atoms with Gasteiger partial charge in [-0.2, -0.15) is 5.10 Å². The molecule has 21 heavy (non-hydrogen) atoms. The molecule has 0 unspecified atom stereocenters. The first kappa shape index (κ1) is 13.7. The lowest BCUT2D eigenvalue weighted by atomic mass is 10.2. The monoisotopic (exact) mass is 281 g/mol. The Labute approximate surface area is 124 Å². The number of hydrogen-bond acceptors (Lipinski definition) is 4. The molecule has 0 aliphatic carbocycles. The molecule has 108 valence electrons. The maximum Gasteiger partial charge on any atom is 0.0908 e. The number of aromatic nitrogens is 4. The quantitative estimate of drug-likeness (QED) is 0.781. The largest absolute Gasteiger partial charge is 0.311 e. The predicted octanol–water partition coefficient (Wildman–Crippen LogP) is 2.56. The number of rotatable bonds is 5. The fourth-order valence-corrected chi connectivity index (χ4v) is 2.18. The van der Waals surface area contributed by atoms with Crippen LogP contribution >= 0.6 is 0 Å². The molecule has 2 heterocycles. The van der Waals surface area contributed by atoms with Crippen molar-refractivity contribution in [3.63, 3.8) is 0 Å². The summed E-state index contributed by atoms with van der Waals surface area (Å²) in [4.78, 5) is 8.60. The van der Waals surface area contributed by atoms with Gasteiger partial charge in [-0.15, -0.1) is 0 Å². The summed E-state index contributed by atoms with van der Waals surface area (Å²) in [5.41, 5.74) is 3.81. The Balaban J connectivity index is 1.77. The molecule has 3 aromatic rings. The van der Waals surface area contributed by atoms with Gasteiger partial charge >= 0.3 is 0 Å². The van der Waals surface area contributed by atoms with Gasteiger partial charge in [0.15, 0.2) is 0 Å². The van der Waals surface area contributed by atoms with E-state index in [4.69, 9.17) is 0 Å². The summed E-state index contributed by atoms with van der Waals surface area (Å²) in [7, 11) is 0. The lowest BCUT2D eigenvalue weighted by Crippen LogP contribution is -2.19. The smallest absolute Gasteiger partial charge is 0.0908 e. The molecule has 5 heteroatoms. The van der Waals surface area contributed by atoms with Gasteiger partial charge in [-0.3, -0.25) is 9.97 Å². The normalized spacial score (nSPS) is 11.4. The summed E-state index contributed by atoms with van der Waals surface area (Å²) >= 11 is 0. The molecule has 5 nitrogen and oxygen atoms in total. The first-order chi connectivity index (χ1) is 10.2. The Morgan fingerprint density at radius 2 is 1.90 bits per heavy atom. The average molecular weight is 281 g/mol. The van der Waals surface area contributed by atoms with Gasteiger partial charge in [0.25, 0.3) is 0 Å². The molecule has 1 N–H and O–H groups in total. The van der Waals surface area contributed by atoms with Gasteiger partial charge in [0.05, 0.1) is 22.4 Å². The second-order valence-corrected chi connectivity index (χ2v) is 5.51. The molecule has 1 aromatic carbocycles. The summed E-state index contributed by atoms with van der Waals surface area (Å²) in [5, 5.41) is 7.99. The number of fused-ring (bicyclic) bond motifs is 1. The van der Waals surface area contributed by atoms with Crippen LogP contribution in [0.15, 0.2) is 42.9 Å². The molecule has 2 aromatic heterocycles. The van der Waals surface area contributed by atoms with E-state index in [1.807, 2.05) is 35.1 Å². The minimum absolute atomic E-state index is 0.645. The van der Waals surface area contributed by atoms with E-state index in [-0.39, 0.29) is 0 Å². The third-order valence-corrected chi connectivity index (χ3v) is 3.22. The van der Waals surface area contributed by atoms with Gasteiger partial charge in [0.1, 0.15) is 0 Å². The van der Waals surface area contributed by atoms with Crippen molar-refractivity contribution in [3.05, 3.63) is 48.5 Å². The standard InChI is InChI=1S/C16H19N5/c1-12(2)10-17-11-13-5-8-21(20-13)14-3-4-15-16(9-14)19-7-6-18-15/h3-9,12,17H,10-11H2,1-2H3. The van der Waals surface area contributed by atoms with Crippen molar-refractivity contribution in [2.45, 2.75) is 20.4 Å². The predicted molar refractivity (Wildman–Crippen MR) is 83.2 cm³/mol. The summed E-state index contributed by atoms with van der Waals surface area (Å²) < 4.78 is 1.88. The van der Waals surface area contributed by atoms with Crippen LogP contribution in [0.1, 0.15) is 19.5 Å². The Kier molecular flexibility index (Phi) is 3.92. The Hall–Kier alpha value is -2.27. The van der Waals surface area contributed by atoms with Crippen LogP contribution in [0.3, 0.4) is 0 Å². The second kappa shape index (κ2) is 6.01. The minimum Gasteiger partial charge on any atom is -0.311 e. The zero-order valence-corrected chi connectivity index (χ0v) is 12.3. The van der Waals surface area contributed by atoms with Crippen LogP contribution in [-0.2, 0) is 6.54 Å². The zero-order valence-electron chi connectivity index (χ0n) is 12.3. The lowest BCUT2D eigenvalue weighted by molar-refractivity contribution is 0.546. The SMILES string of the molecule is CC(C)CNCc1ccn(-c2ccc3nccnc3c2)n1. The topological polar surface area (TPSA) is 55.6 Å². The van der Waals surface area contributed by atoms with Crippen LogP contribution in [0.4, 0.5) is 0 Å². The van der Waals surface area contributed by atoms with Crippen molar-refractivity contribution in [1.29, 1.82) is 0 Å². The van der Waals surface area contributed by atoms with Crippen LogP contribution in [0.2, 0.25) is 0 Å². The molecule has 0 bridgehead atoms. The van der Waals surface area contributed by atoms with E-state index >= 15 is 0 Å². The van der Waals surface area contributed by atoms with Crippen LogP contribution in [0, 0.1) is 5.92 Å². The van der Waals surface area contributed by atoms with Crippen molar-refractivity contribution in [2.75, 3.05) is 6.54 Å². The summed E-state index contributed by atoms with van der Waals surface area (Å²) in [5.74, 6) is 0.645. The van der Waals surface area contributed by atoms with E-state index in [2.05, 4.69) is 34.2 Å². The average Bonchev–Trinajstić information content (AvgIpc) is 2.95. The van der Waals surface area contributed by atoms with E-state index in [9.17, 15) is 0 Å².